The molecule has 166 valence electrons. The molecule has 0 radical (unpaired) electrons. The summed E-state index contributed by atoms with van der Waals surface area (Å²) < 4.78 is 10.9. The fourth-order valence-electron chi connectivity index (χ4n) is 4.30. The Morgan fingerprint density at radius 1 is 1.22 bits per heavy atom. The lowest BCUT2D eigenvalue weighted by molar-refractivity contribution is -0.140. The standard InChI is InChI=1S/C25H24ClNO5/c1-14-21(25(30)32-13-15-7-4-3-5-8-15)22(23-18(27-14)9-6-10-19(23)28)16-11-17(26)24(29)20(12-16)31-2/h3-5,7-8,11-12,22,27,29H,6,9-10,13H2,1-2H3/t22-/m1/s1. The first-order valence-electron chi connectivity index (χ1n) is 10.4. The van der Waals surface area contributed by atoms with Crippen LogP contribution >= 0.6 is 11.6 Å². The number of rotatable bonds is 5. The number of carbonyl (C=O) groups is 2. The van der Waals surface area contributed by atoms with Gasteiger partial charge in [0.15, 0.2) is 17.3 Å². The molecule has 6 nitrogen and oxygen atoms in total. The average molecular weight is 454 g/mol. The van der Waals surface area contributed by atoms with Crippen LogP contribution in [0.15, 0.2) is 65.0 Å². The van der Waals surface area contributed by atoms with Crippen molar-refractivity contribution in [3.05, 3.63) is 81.2 Å². The molecule has 1 aliphatic heterocycles. The number of dihydropyridines is 1. The molecule has 1 aliphatic carbocycles. The Morgan fingerprint density at radius 2 is 1.97 bits per heavy atom. The van der Waals surface area contributed by atoms with Gasteiger partial charge in [-0.2, -0.15) is 0 Å². The van der Waals surface area contributed by atoms with E-state index in [2.05, 4.69) is 5.32 Å². The first-order chi connectivity index (χ1) is 15.4. The maximum Gasteiger partial charge on any atom is 0.337 e. The normalized spacial score (nSPS) is 18.2. The van der Waals surface area contributed by atoms with E-state index in [9.17, 15) is 14.7 Å². The molecule has 0 amide bonds. The van der Waals surface area contributed by atoms with E-state index in [1.54, 1.807) is 19.1 Å². The zero-order valence-corrected chi connectivity index (χ0v) is 18.7. The van der Waals surface area contributed by atoms with Crippen molar-refractivity contribution >= 4 is 23.4 Å². The number of aromatic hydroxyl groups is 1. The van der Waals surface area contributed by atoms with Gasteiger partial charge in [-0.05, 0) is 43.0 Å². The van der Waals surface area contributed by atoms with E-state index >= 15 is 0 Å². The lowest BCUT2D eigenvalue weighted by atomic mass is 9.75. The second-order valence-corrected chi connectivity index (χ2v) is 8.29. The number of phenolic OH excluding ortho intramolecular Hbond substituents is 1. The summed E-state index contributed by atoms with van der Waals surface area (Å²) in [5.74, 6) is -1.23. The first kappa shape index (κ1) is 22.0. The molecule has 32 heavy (non-hydrogen) atoms. The lowest BCUT2D eigenvalue weighted by Crippen LogP contribution is -2.34. The number of phenols is 1. The molecule has 2 aromatic rings. The summed E-state index contributed by atoms with van der Waals surface area (Å²) in [7, 11) is 1.42. The predicted octanol–water partition coefficient (Wildman–Crippen LogP) is 4.77. The van der Waals surface area contributed by atoms with Gasteiger partial charge in [-0.1, -0.05) is 41.9 Å². The molecule has 0 unspecified atom stereocenters. The minimum Gasteiger partial charge on any atom is -0.503 e. The number of hydrogen-bond donors (Lipinski definition) is 2. The number of halogens is 1. The Balaban J connectivity index is 1.78. The maximum atomic E-state index is 13.3. The van der Waals surface area contributed by atoms with Gasteiger partial charge in [0.05, 0.1) is 17.7 Å². The van der Waals surface area contributed by atoms with Gasteiger partial charge in [-0.3, -0.25) is 4.79 Å². The number of hydrogen-bond acceptors (Lipinski definition) is 6. The number of allylic oxidation sites excluding steroid dienone is 3. The van der Waals surface area contributed by atoms with Gasteiger partial charge >= 0.3 is 5.97 Å². The second-order valence-electron chi connectivity index (χ2n) is 7.88. The van der Waals surface area contributed by atoms with Crippen molar-refractivity contribution in [1.82, 2.24) is 5.32 Å². The molecule has 1 heterocycles. The molecule has 7 heteroatoms. The molecule has 2 aromatic carbocycles. The maximum absolute atomic E-state index is 13.3. The molecule has 0 fully saturated rings. The largest absolute Gasteiger partial charge is 0.503 e. The Kier molecular flexibility index (Phi) is 6.24. The number of esters is 1. The number of carbonyl (C=O) groups excluding carboxylic acids is 2. The Labute approximate surface area is 191 Å². The van der Waals surface area contributed by atoms with Crippen LogP contribution in [-0.4, -0.2) is 24.0 Å². The van der Waals surface area contributed by atoms with Crippen LogP contribution in [0.4, 0.5) is 0 Å². The predicted molar refractivity (Wildman–Crippen MR) is 120 cm³/mol. The van der Waals surface area contributed by atoms with Gasteiger partial charge in [0.2, 0.25) is 0 Å². The molecule has 0 bridgehead atoms. The molecule has 2 aliphatic rings. The van der Waals surface area contributed by atoms with Crippen LogP contribution in [-0.2, 0) is 20.9 Å². The van der Waals surface area contributed by atoms with Crippen LogP contribution in [0, 0.1) is 0 Å². The van der Waals surface area contributed by atoms with E-state index in [1.165, 1.54) is 7.11 Å². The summed E-state index contributed by atoms with van der Waals surface area (Å²) in [4.78, 5) is 26.3. The number of ketones is 1. The minimum atomic E-state index is -0.672. The zero-order valence-electron chi connectivity index (χ0n) is 17.9. The topological polar surface area (TPSA) is 84.9 Å². The van der Waals surface area contributed by atoms with E-state index in [1.807, 2.05) is 30.3 Å². The Hall–Kier alpha value is -3.25. The second kappa shape index (κ2) is 9.09. The van der Waals surface area contributed by atoms with Crippen LogP contribution < -0.4 is 10.1 Å². The average Bonchev–Trinajstić information content (AvgIpc) is 2.79. The number of benzene rings is 2. The van der Waals surface area contributed by atoms with Crippen molar-refractivity contribution in [3.8, 4) is 11.5 Å². The number of ether oxygens (including phenoxy) is 2. The van der Waals surface area contributed by atoms with Gasteiger partial charge in [0, 0.05) is 29.3 Å². The van der Waals surface area contributed by atoms with Crippen molar-refractivity contribution < 1.29 is 24.2 Å². The van der Waals surface area contributed by atoms with Crippen LogP contribution in [0.2, 0.25) is 5.02 Å². The quantitative estimate of drug-likeness (QED) is 0.634. The van der Waals surface area contributed by atoms with Gasteiger partial charge in [0.1, 0.15) is 6.61 Å². The van der Waals surface area contributed by atoms with Gasteiger partial charge in [-0.25, -0.2) is 4.79 Å². The van der Waals surface area contributed by atoms with Crippen molar-refractivity contribution in [2.75, 3.05) is 7.11 Å². The smallest absolute Gasteiger partial charge is 0.337 e. The lowest BCUT2D eigenvalue weighted by Gasteiger charge is -2.34. The van der Waals surface area contributed by atoms with Crippen molar-refractivity contribution in [3.63, 3.8) is 0 Å². The van der Waals surface area contributed by atoms with Crippen molar-refractivity contribution in [2.45, 2.75) is 38.7 Å². The fourth-order valence-corrected chi connectivity index (χ4v) is 4.52. The van der Waals surface area contributed by atoms with Gasteiger partial charge < -0.3 is 19.9 Å². The molecule has 2 N–H and O–H groups in total. The highest BCUT2D eigenvalue weighted by Gasteiger charge is 2.39. The molecular formula is C25H24ClNO5. The highest BCUT2D eigenvalue weighted by molar-refractivity contribution is 6.32. The molecule has 0 saturated heterocycles. The van der Waals surface area contributed by atoms with E-state index in [0.29, 0.717) is 35.2 Å². The highest BCUT2D eigenvalue weighted by atomic mass is 35.5. The number of Topliss-reactive ketones (excluding diaryl/α,β-unsaturated/α-hetero) is 1. The monoisotopic (exact) mass is 453 g/mol. The summed E-state index contributed by atoms with van der Waals surface area (Å²) >= 11 is 6.25. The number of methoxy groups -OCH3 is 1. The van der Waals surface area contributed by atoms with Crippen LogP contribution in [0.1, 0.15) is 43.2 Å². The van der Waals surface area contributed by atoms with Crippen LogP contribution in [0.5, 0.6) is 11.5 Å². The summed E-state index contributed by atoms with van der Waals surface area (Å²) in [5.41, 5.74) is 3.77. The molecule has 0 aromatic heterocycles. The molecule has 0 saturated carbocycles. The molecular weight excluding hydrogens is 430 g/mol. The first-order valence-corrected chi connectivity index (χ1v) is 10.8. The van der Waals surface area contributed by atoms with E-state index in [0.717, 1.165) is 17.7 Å². The van der Waals surface area contributed by atoms with E-state index in [-0.39, 0.29) is 28.9 Å². The van der Waals surface area contributed by atoms with Crippen LogP contribution in [0.25, 0.3) is 0 Å². The molecule has 0 spiro atoms. The summed E-state index contributed by atoms with van der Waals surface area (Å²) in [5, 5.41) is 13.5. The van der Waals surface area contributed by atoms with Gasteiger partial charge in [0.25, 0.3) is 0 Å². The molecule has 4 rings (SSSR count). The SMILES string of the molecule is COc1cc([C@@H]2C(C(=O)OCc3ccccc3)=C(C)NC3=C2C(=O)CCC3)cc(Cl)c1O. The minimum absolute atomic E-state index is 0.0206. The summed E-state index contributed by atoms with van der Waals surface area (Å²) in [6.07, 6.45) is 1.87. The Morgan fingerprint density at radius 3 is 2.69 bits per heavy atom. The summed E-state index contributed by atoms with van der Waals surface area (Å²) in [6.45, 7) is 1.91. The molecule has 1 atom stereocenters. The third kappa shape index (κ3) is 4.10. The third-order valence-corrected chi connectivity index (χ3v) is 6.10. The van der Waals surface area contributed by atoms with Crippen molar-refractivity contribution in [2.24, 2.45) is 0 Å². The fraction of sp³-hybridized carbons (Fsp3) is 0.280. The van der Waals surface area contributed by atoms with E-state index < -0.39 is 11.9 Å². The van der Waals surface area contributed by atoms with Crippen molar-refractivity contribution in [1.29, 1.82) is 0 Å². The van der Waals surface area contributed by atoms with Crippen LogP contribution in [0.3, 0.4) is 0 Å². The summed E-state index contributed by atoms with van der Waals surface area (Å²) in [6, 6.07) is 12.6. The zero-order chi connectivity index (χ0) is 22.8. The Bertz CT molecular complexity index is 1140. The number of nitrogens with one attached hydrogen (secondary N) is 1. The highest BCUT2D eigenvalue weighted by Crippen LogP contribution is 2.46. The van der Waals surface area contributed by atoms with E-state index in [4.69, 9.17) is 21.1 Å². The van der Waals surface area contributed by atoms with Gasteiger partial charge in [-0.15, -0.1) is 0 Å². The third-order valence-electron chi connectivity index (χ3n) is 5.81.